The van der Waals surface area contributed by atoms with Gasteiger partial charge in [0.2, 0.25) is 0 Å². The van der Waals surface area contributed by atoms with Crippen molar-refractivity contribution >= 4 is 40.5 Å². The topological polar surface area (TPSA) is 105 Å². The number of nitrogens with zero attached hydrogens (tertiary/aromatic N) is 2. The lowest BCUT2D eigenvalue weighted by Crippen LogP contribution is -2.35. The van der Waals surface area contributed by atoms with Crippen molar-refractivity contribution in [1.82, 2.24) is 5.32 Å². The zero-order valence-corrected chi connectivity index (χ0v) is 20.8. The van der Waals surface area contributed by atoms with Crippen LogP contribution in [0.25, 0.3) is 0 Å². The van der Waals surface area contributed by atoms with Crippen molar-refractivity contribution < 1.29 is 14.5 Å². The predicted molar refractivity (Wildman–Crippen MR) is 141 cm³/mol. The van der Waals surface area contributed by atoms with E-state index in [0.717, 1.165) is 31.1 Å². The van der Waals surface area contributed by atoms with Crippen molar-refractivity contribution in [2.75, 3.05) is 16.8 Å². The quantitative estimate of drug-likeness (QED) is 0.321. The number of nitro benzene ring substituents is 1. The van der Waals surface area contributed by atoms with Crippen molar-refractivity contribution in [1.29, 1.82) is 0 Å². The van der Waals surface area contributed by atoms with Gasteiger partial charge in [-0.05, 0) is 55.2 Å². The van der Waals surface area contributed by atoms with E-state index in [1.807, 2.05) is 32.0 Å². The second kappa shape index (κ2) is 10.8. The van der Waals surface area contributed by atoms with Gasteiger partial charge in [0, 0.05) is 42.6 Å². The Morgan fingerprint density at radius 3 is 2.50 bits per heavy atom. The third-order valence-electron chi connectivity index (χ3n) is 6.37. The SMILES string of the molecule is CCC(C)NC(=O)c1cc(NC(=O)c2ccc([N+](=O)[O-])cc2Cl)ccc1N1CCc2ccccc2C1. The van der Waals surface area contributed by atoms with Crippen LogP contribution >= 0.6 is 11.6 Å². The molecule has 3 aromatic carbocycles. The Labute approximate surface area is 214 Å². The van der Waals surface area contributed by atoms with Crippen LogP contribution in [-0.2, 0) is 13.0 Å². The second-order valence-corrected chi connectivity index (χ2v) is 9.24. The molecule has 0 bridgehead atoms. The fraction of sp³-hybridized carbons (Fsp3) is 0.259. The van der Waals surface area contributed by atoms with Crippen LogP contribution in [0.15, 0.2) is 60.7 Å². The molecule has 0 spiro atoms. The molecule has 0 saturated carbocycles. The molecule has 4 rings (SSSR count). The summed E-state index contributed by atoms with van der Waals surface area (Å²) in [5.74, 6) is -0.745. The highest BCUT2D eigenvalue weighted by atomic mass is 35.5. The first-order chi connectivity index (χ1) is 17.3. The van der Waals surface area contributed by atoms with E-state index in [4.69, 9.17) is 11.6 Å². The van der Waals surface area contributed by atoms with E-state index in [1.54, 1.807) is 12.1 Å². The van der Waals surface area contributed by atoms with Gasteiger partial charge in [-0.1, -0.05) is 42.8 Å². The van der Waals surface area contributed by atoms with E-state index >= 15 is 0 Å². The lowest BCUT2D eigenvalue weighted by molar-refractivity contribution is -0.384. The van der Waals surface area contributed by atoms with Gasteiger partial charge < -0.3 is 15.5 Å². The number of halogens is 1. The number of hydrogen-bond acceptors (Lipinski definition) is 5. The zero-order chi connectivity index (χ0) is 25.8. The average molecular weight is 507 g/mol. The largest absolute Gasteiger partial charge is 0.366 e. The van der Waals surface area contributed by atoms with Gasteiger partial charge in [-0.25, -0.2) is 0 Å². The highest BCUT2D eigenvalue weighted by Crippen LogP contribution is 2.30. The smallest absolute Gasteiger partial charge is 0.270 e. The Hall–Kier alpha value is -3.91. The first-order valence-corrected chi connectivity index (χ1v) is 12.2. The Bertz CT molecular complexity index is 1330. The Balaban J connectivity index is 1.63. The maximum Gasteiger partial charge on any atom is 0.270 e. The molecule has 2 amide bonds. The maximum atomic E-state index is 13.3. The van der Waals surface area contributed by atoms with E-state index in [9.17, 15) is 19.7 Å². The summed E-state index contributed by atoms with van der Waals surface area (Å²) in [5.41, 5.74) is 4.10. The van der Waals surface area contributed by atoms with Crippen molar-refractivity contribution in [3.05, 3.63) is 98.1 Å². The minimum absolute atomic E-state index is 0.00963. The molecule has 1 unspecified atom stereocenters. The van der Waals surface area contributed by atoms with Crippen LogP contribution in [0, 0.1) is 10.1 Å². The number of carbonyl (C=O) groups is 2. The summed E-state index contributed by atoms with van der Waals surface area (Å²) in [5, 5.41) is 16.7. The highest BCUT2D eigenvalue weighted by molar-refractivity contribution is 6.34. The first kappa shape index (κ1) is 25.2. The molecule has 8 nitrogen and oxygen atoms in total. The number of fused-ring (bicyclic) bond motifs is 1. The Morgan fingerprint density at radius 2 is 1.81 bits per heavy atom. The summed E-state index contributed by atoms with van der Waals surface area (Å²) in [7, 11) is 0. The van der Waals surface area contributed by atoms with Gasteiger partial charge in [-0.15, -0.1) is 0 Å². The summed E-state index contributed by atoms with van der Waals surface area (Å²) in [6, 6.07) is 17.2. The molecular weight excluding hydrogens is 480 g/mol. The number of nitro groups is 1. The number of carbonyl (C=O) groups excluding carboxylic acids is 2. The molecule has 186 valence electrons. The molecule has 1 aliphatic heterocycles. The van der Waals surface area contributed by atoms with Gasteiger partial charge in [0.15, 0.2) is 0 Å². The number of amides is 2. The molecular formula is C27H27ClN4O4. The molecule has 0 radical (unpaired) electrons. The standard InChI is InChI=1S/C27H27ClN4O4/c1-3-17(2)29-27(34)23-14-20(30-26(33)22-10-9-21(32(35)36)15-24(22)28)8-11-25(23)31-13-12-18-6-4-5-7-19(18)16-31/h4-11,14-15,17H,3,12-13,16H2,1-2H3,(H,29,34)(H,30,33). The molecule has 1 heterocycles. The van der Waals surface area contributed by atoms with Gasteiger partial charge in [0.1, 0.15) is 0 Å². The zero-order valence-electron chi connectivity index (χ0n) is 20.1. The number of non-ortho nitro benzene ring substituents is 1. The lowest BCUT2D eigenvalue weighted by atomic mass is 9.98. The molecule has 2 N–H and O–H groups in total. The summed E-state index contributed by atoms with van der Waals surface area (Å²) >= 11 is 6.12. The fourth-order valence-electron chi connectivity index (χ4n) is 4.18. The van der Waals surface area contributed by atoms with E-state index in [1.165, 1.54) is 23.3 Å². The number of nitrogens with one attached hydrogen (secondary N) is 2. The van der Waals surface area contributed by atoms with Crippen molar-refractivity contribution in [3.8, 4) is 0 Å². The third-order valence-corrected chi connectivity index (χ3v) is 6.68. The van der Waals surface area contributed by atoms with E-state index < -0.39 is 10.8 Å². The van der Waals surface area contributed by atoms with Crippen LogP contribution in [0.1, 0.15) is 52.1 Å². The second-order valence-electron chi connectivity index (χ2n) is 8.83. The minimum atomic E-state index is -0.576. The third kappa shape index (κ3) is 5.49. The van der Waals surface area contributed by atoms with E-state index in [2.05, 4.69) is 27.7 Å². The van der Waals surface area contributed by atoms with Crippen molar-refractivity contribution in [3.63, 3.8) is 0 Å². The van der Waals surface area contributed by atoms with Gasteiger partial charge in [-0.3, -0.25) is 19.7 Å². The summed E-state index contributed by atoms with van der Waals surface area (Å²) in [6.07, 6.45) is 1.66. The molecule has 0 aromatic heterocycles. The number of rotatable bonds is 7. The predicted octanol–water partition coefficient (Wildman–Crippen LogP) is 5.59. The van der Waals surface area contributed by atoms with Crippen LogP contribution in [0.3, 0.4) is 0 Å². The number of benzene rings is 3. The normalized spacial score (nSPS) is 13.5. The molecule has 0 aliphatic carbocycles. The van der Waals surface area contributed by atoms with Gasteiger partial charge in [-0.2, -0.15) is 0 Å². The monoisotopic (exact) mass is 506 g/mol. The molecule has 1 atom stereocenters. The van der Waals surface area contributed by atoms with Crippen molar-refractivity contribution in [2.45, 2.75) is 39.3 Å². The maximum absolute atomic E-state index is 13.3. The van der Waals surface area contributed by atoms with Crippen molar-refractivity contribution in [2.24, 2.45) is 0 Å². The van der Waals surface area contributed by atoms with Gasteiger partial charge in [0.05, 0.1) is 21.1 Å². The van der Waals surface area contributed by atoms with Crippen LogP contribution < -0.4 is 15.5 Å². The van der Waals surface area contributed by atoms with Crippen LogP contribution in [0.2, 0.25) is 5.02 Å². The summed E-state index contributed by atoms with van der Waals surface area (Å²) in [4.78, 5) is 38.7. The molecule has 0 saturated heterocycles. The Kier molecular flexibility index (Phi) is 7.55. The molecule has 1 aliphatic rings. The summed E-state index contributed by atoms with van der Waals surface area (Å²) in [6.45, 7) is 5.39. The van der Waals surface area contributed by atoms with E-state index in [-0.39, 0.29) is 28.2 Å². The first-order valence-electron chi connectivity index (χ1n) is 11.8. The fourth-order valence-corrected chi connectivity index (χ4v) is 4.44. The highest BCUT2D eigenvalue weighted by Gasteiger charge is 2.23. The van der Waals surface area contributed by atoms with Crippen LogP contribution in [-0.4, -0.2) is 29.3 Å². The summed E-state index contributed by atoms with van der Waals surface area (Å²) < 4.78 is 0. The van der Waals surface area contributed by atoms with Crippen LogP contribution in [0.5, 0.6) is 0 Å². The van der Waals surface area contributed by atoms with Gasteiger partial charge >= 0.3 is 0 Å². The minimum Gasteiger partial charge on any atom is -0.366 e. The molecule has 3 aromatic rings. The van der Waals surface area contributed by atoms with Crippen LogP contribution in [0.4, 0.5) is 17.1 Å². The number of hydrogen-bond donors (Lipinski definition) is 2. The van der Waals surface area contributed by atoms with Gasteiger partial charge in [0.25, 0.3) is 17.5 Å². The average Bonchev–Trinajstić information content (AvgIpc) is 2.88. The number of anilines is 2. The molecule has 0 fully saturated rings. The molecule has 9 heteroatoms. The molecule has 36 heavy (non-hydrogen) atoms. The Morgan fingerprint density at radius 1 is 1.06 bits per heavy atom. The van der Waals surface area contributed by atoms with E-state index in [0.29, 0.717) is 17.8 Å². The lowest BCUT2D eigenvalue weighted by Gasteiger charge is -2.32.